The van der Waals surface area contributed by atoms with E-state index in [4.69, 9.17) is 52.1 Å². The smallest absolute Gasteiger partial charge is 0.338 e. The number of ether oxygens (including phenoxy) is 11. The number of hydrogen-bond acceptors (Lipinski definition) is 19. The van der Waals surface area contributed by atoms with E-state index in [0.29, 0.717) is 11.3 Å². The fourth-order valence-corrected chi connectivity index (χ4v) is 9.40. The number of hydrogen-bond donors (Lipinski definition) is 1. The first-order chi connectivity index (χ1) is 38.1. The second-order valence-electron chi connectivity index (χ2n) is 18.0. The first kappa shape index (κ1) is 54.2. The van der Waals surface area contributed by atoms with Crippen molar-refractivity contribution >= 4 is 23.9 Å². The Hall–Kier alpha value is -8.57. The highest BCUT2D eigenvalue weighted by Crippen LogP contribution is 2.41. The Morgan fingerprint density at radius 3 is 1.54 bits per heavy atom. The molecule has 5 aromatic carbocycles. The summed E-state index contributed by atoms with van der Waals surface area (Å²) >= 11 is 0. The number of benzene rings is 5. The summed E-state index contributed by atoms with van der Waals surface area (Å²) in [6.07, 6.45) is -18.7. The number of carbonyl (C=O) groups excluding carboxylic acids is 4. The van der Waals surface area contributed by atoms with Crippen molar-refractivity contribution in [1.29, 1.82) is 0 Å². The van der Waals surface area contributed by atoms with E-state index in [1.807, 2.05) is 0 Å². The molecule has 0 spiro atoms. The molecule has 6 unspecified atom stereocenters. The number of aliphatic hydroxyl groups excluding tert-OH is 1. The van der Waals surface area contributed by atoms with Gasteiger partial charge in [-0.1, -0.05) is 100 Å². The van der Waals surface area contributed by atoms with E-state index in [0.717, 1.165) is 0 Å². The molecule has 3 saturated heterocycles. The Morgan fingerprint density at radius 1 is 0.564 bits per heavy atom. The van der Waals surface area contributed by atoms with Crippen LogP contribution in [0.2, 0.25) is 0 Å². The monoisotopic (exact) mass is 1070 g/mol. The van der Waals surface area contributed by atoms with Gasteiger partial charge >= 0.3 is 23.9 Å². The van der Waals surface area contributed by atoms with Gasteiger partial charge in [0.05, 0.1) is 60.3 Å². The average molecular weight is 1070 g/mol. The summed E-state index contributed by atoms with van der Waals surface area (Å²) in [5.74, 6) is -2.85. The third-order valence-corrected chi connectivity index (χ3v) is 13.2. The predicted molar refractivity (Wildman–Crippen MR) is 267 cm³/mol. The number of esters is 4. The second-order valence-corrected chi connectivity index (χ2v) is 18.0. The normalized spacial score (nSPS) is 29.1. The van der Waals surface area contributed by atoms with Crippen molar-refractivity contribution in [3.05, 3.63) is 205 Å². The van der Waals surface area contributed by atoms with Gasteiger partial charge in [0.15, 0.2) is 31.1 Å². The number of aliphatic hydroxyl groups is 1. The molecule has 9 rings (SSSR count). The lowest BCUT2D eigenvalue weighted by Crippen LogP contribution is -2.65. The molecule has 0 bridgehead atoms. The maximum atomic E-state index is 13.9. The van der Waals surface area contributed by atoms with E-state index in [2.05, 4.69) is 30.1 Å². The molecule has 0 radical (unpaired) electrons. The van der Waals surface area contributed by atoms with Crippen LogP contribution in [-0.2, 0) is 47.4 Å². The summed E-state index contributed by atoms with van der Waals surface area (Å²) < 4.78 is 67.4. The summed E-state index contributed by atoms with van der Waals surface area (Å²) in [6, 6.07) is 34.0. The second kappa shape index (κ2) is 25.5. The topological polar surface area (TPSA) is 336 Å². The minimum absolute atomic E-state index is 0.0701. The summed E-state index contributed by atoms with van der Waals surface area (Å²) in [5, 5.41) is 24.3. The fraction of sp³-hybridized carbons (Fsp3) is 0.358. The fourth-order valence-electron chi connectivity index (χ4n) is 9.40. The maximum absolute atomic E-state index is 13.9. The lowest BCUT2D eigenvalue weighted by Gasteiger charge is -2.50. The van der Waals surface area contributed by atoms with Crippen LogP contribution in [0.25, 0.3) is 31.3 Å². The Morgan fingerprint density at radius 2 is 1.04 bits per heavy atom. The summed E-state index contributed by atoms with van der Waals surface area (Å²) in [7, 11) is 1.51. The SMILES string of the molecule is COc1ccc(C2OCC3O[C@H](O[C@@H]4C(N=[N+]=[N-])C[C@@H](N=[N+]=[N-])C(O[C@@H]5O[C@H](COC(=O)c6ccccc6)[C@@H](OC(=O)c6ccccc6)C5OC(=O)c5ccccc5)[C@H]4O)C(N=[N+]=[N-])[C@@H](OC(=O)c4ccccc4)[C@@H]3O2)cc1. The van der Waals surface area contributed by atoms with Crippen molar-refractivity contribution < 1.29 is 76.4 Å². The van der Waals surface area contributed by atoms with Gasteiger partial charge in [-0.25, -0.2) is 19.2 Å². The summed E-state index contributed by atoms with van der Waals surface area (Å²) in [6.45, 7) is -0.787. The quantitative estimate of drug-likeness (QED) is 0.0289. The van der Waals surface area contributed by atoms with Gasteiger partial charge in [-0.3, -0.25) is 0 Å². The molecule has 15 atom stereocenters. The van der Waals surface area contributed by atoms with Gasteiger partial charge in [-0.05, 0) is 83.7 Å². The van der Waals surface area contributed by atoms with Gasteiger partial charge in [0, 0.05) is 20.3 Å². The third kappa shape index (κ3) is 12.5. The van der Waals surface area contributed by atoms with Gasteiger partial charge < -0.3 is 57.2 Å². The van der Waals surface area contributed by atoms with Gasteiger partial charge in [-0.2, -0.15) is 0 Å². The van der Waals surface area contributed by atoms with Crippen LogP contribution in [0.15, 0.2) is 161 Å². The van der Waals surface area contributed by atoms with Crippen molar-refractivity contribution in [2.45, 2.75) is 98.4 Å². The summed E-state index contributed by atoms with van der Waals surface area (Å²) in [5.41, 5.74) is 30.8. The van der Waals surface area contributed by atoms with Crippen LogP contribution in [0.4, 0.5) is 0 Å². The van der Waals surface area contributed by atoms with Gasteiger partial charge in [-0.15, -0.1) is 0 Å². The minimum Gasteiger partial charge on any atom is -0.497 e. The first-order valence-electron chi connectivity index (χ1n) is 24.4. The molecule has 4 aliphatic rings. The van der Waals surface area contributed by atoms with E-state index in [1.165, 1.54) is 55.6 Å². The zero-order chi connectivity index (χ0) is 54.5. The standard InChI is InChI=1S/C53H49N9O16/c1-68-34-24-22-33(23-25-34)51-70-28-38-43(78-51)45(74-49(66)31-18-10-4-11-19-31)39(59-62-56)52(71-38)76-41-35(57-60-54)26-36(58-61-55)42(40(41)63)77-53-46(75-50(67)32-20-12-5-13-21-32)44(73-48(65)30-16-8-3-9-17-30)37(72-53)27-69-47(64)29-14-6-2-7-15-29/h2-25,35-46,51-53,63H,26-28H2,1H3/t35?,36-,37-,38?,39?,40+,41-,42?,43-,44-,45-,46?,51?,52-,53+/m1/s1. The molecule has 25 nitrogen and oxygen atoms in total. The van der Waals surface area contributed by atoms with Crippen LogP contribution in [0.3, 0.4) is 0 Å². The highest BCUT2D eigenvalue weighted by molar-refractivity contribution is 5.91. The largest absolute Gasteiger partial charge is 0.497 e. The van der Waals surface area contributed by atoms with Crippen molar-refractivity contribution in [1.82, 2.24) is 0 Å². The minimum atomic E-state index is -1.99. The molecule has 4 fully saturated rings. The molecular formula is C53H49N9O16. The van der Waals surface area contributed by atoms with Crippen LogP contribution in [0, 0.1) is 0 Å². The molecule has 3 heterocycles. The van der Waals surface area contributed by atoms with E-state index < -0.39 is 122 Å². The molecule has 1 aliphatic carbocycles. The Balaban J connectivity index is 1.04. The molecule has 0 aromatic heterocycles. The van der Waals surface area contributed by atoms with E-state index >= 15 is 0 Å². The maximum Gasteiger partial charge on any atom is 0.338 e. The van der Waals surface area contributed by atoms with Crippen molar-refractivity contribution in [3.8, 4) is 5.75 Å². The number of methoxy groups -OCH3 is 1. The van der Waals surface area contributed by atoms with Crippen LogP contribution < -0.4 is 4.74 Å². The van der Waals surface area contributed by atoms with Gasteiger partial charge in [0.25, 0.3) is 0 Å². The van der Waals surface area contributed by atoms with Gasteiger partial charge in [0.2, 0.25) is 0 Å². The van der Waals surface area contributed by atoms with E-state index in [1.54, 1.807) is 97.1 Å². The zero-order valence-corrected chi connectivity index (χ0v) is 41.2. The number of carbonyl (C=O) groups is 4. The number of rotatable bonds is 18. The van der Waals surface area contributed by atoms with Crippen molar-refractivity contribution in [3.63, 3.8) is 0 Å². The molecule has 1 N–H and O–H groups in total. The lowest BCUT2D eigenvalue weighted by molar-refractivity contribution is -0.352. The molecule has 3 aliphatic heterocycles. The Bertz CT molecular complexity index is 3030. The number of nitrogens with zero attached hydrogens (tertiary/aromatic N) is 9. The lowest BCUT2D eigenvalue weighted by atomic mass is 9.84. The number of fused-ring (bicyclic) bond motifs is 1. The van der Waals surface area contributed by atoms with Crippen molar-refractivity contribution in [2.24, 2.45) is 15.3 Å². The highest BCUT2D eigenvalue weighted by Gasteiger charge is 2.57. The highest BCUT2D eigenvalue weighted by atomic mass is 16.8. The van der Waals surface area contributed by atoms with E-state index in [9.17, 15) is 40.9 Å². The summed E-state index contributed by atoms with van der Waals surface area (Å²) in [4.78, 5) is 63.9. The van der Waals surface area contributed by atoms with E-state index in [-0.39, 0.29) is 35.3 Å². The Labute approximate surface area is 443 Å². The molecule has 78 heavy (non-hydrogen) atoms. The molecule has 1 saturated carbocycles. The predicted octanol–water partition coefficient (Wildman–Crippen LogP) is 7.66. The van der Waals surface area contributed by atoms with Crippen LogP contribution in [0.1, 0.15) is 59.7 Å². The molecular weight excluding hydrogens is 1020 g/mol. The van der Waals surface area contributed by atoms with Crippen LogP contribution in [0.5, 0.6) is 5.75 Å². The Kier molecular flexibility index (Phi) is 17.7. The first-order valence-corrected chi connectivity index (χ1v) is 24.4. The van der Waals surface area contributed by atoms with Crippen LogP contribution in [-0.4, -0.2) is 135 Å². The molecule has 25 heteroatoms. The zero-order valence-electron chi connectivity index (χ0n) is 41.2. The average Bonchev–Trinajstić information content (AvgIpc) is 3.82. The van der Waals surface area contributed by atoms with Gasteiger partial charge in [0.1, 0.15) is 48.9 Å². The molecule has 402 valence electrons. The third-order valence-electron chi connectivity index (χ3n) is 13.2. The van der Waals surface area contributed by atoms with Crippen molar-refractivity contribution in [2.75, 3.05) is 20.3 Å². The number of azide groups is 3. The molecule has 5 aromatic rings. The van der Waals surface area contributed by atoms with Crippen LogP contribution >= 0.6 is 0 Å². The molecule has 0 amide bonds.